The second kappa shape index (κ2) is 4.63. The fourth-order valence-corrected chi connectivity index (χ4v) is 1.36. The monoisotopic (exact) mass is 211 g/mol. The lowest BCUT2D eigenvalue weighted by Gasteiger charge is -2.08. The molecule has 0 saturated carbocycles. The van der Waals surface area contributed by atoms with E-state index in [4.69, 9.17) is 5.11 Å². The van der Waals surface area contributed by atoms with E-state index in [0.717, 1.165) is 5.69 Å². The third kappa shape index (κ3) is 2.59. The smallest absolute Gasteiger partial charge is 0.354 e. The molecule has 0 aliphatic rings. The summed E-state index contributed by atoms with van der Waals surface area (Å²) in [6.07, 6.45) is -0.0144. The van der Waals surface area contributed by atoms with Crippen molar-refractivity contribution in [2.75, 3.05) is 7.11 Å². The number of rotatable bonds is 4. The van der Waals surface area contributed by atoms with Gasteiger partial charge >= 0.3 is 11.9 Å². The zero-order valence-corrected chi connectivity index (χ0v) is 8.69. The van der Waals surface area contributed by atoms with Crippen LogP contribution in [0.2, 0.25) is 0 Å². The quantitative estimate of drug-likeness (QED) is 0.756. The molecular formula is C10H13NO4. The average Bonchev–Trinajstić information content (AvgIpc) is 2.55. The average molecular weight is 211 g/mol. The van der Waals surface area contributed by atoms with Crippen molar-refractivity contribution >= 4 is 11.9 Å². The molecule has 15 heavy (non-hydrogen) atoms. The van der Waals surface area contributed by atoms with Crippen molar-refractivity contribution in [2.45, 2.75) is 19.9 Å². The fourth-order valence-electron chi connectivity index (χ4n) is 1.36. The van der Waals surface area contributed by atoms with Crippen LogP contribution in [0.15, 0.2) is 12.1 Å². The van der Waals surface area contributed by atoms with Gasteiger partial charge in [-0.2, -0.15) is 0 Å². The van der Waals surface area contributed by atoms with Gasteiger partial charge in [-0.3, -0.25) is 4.79 Å². The number of aromatic nitrogens is 1. The Morgan fingerprint density at radius 1 is 1.47 bits per heavy atom. The highest BCUT2D eigenvalue weighted by molar-refractivity contribution is 5.87. The number of nitrogens with zero attached hydrogens (tertiary/aromatic N) is 1. The minimum Gasteiger partial charge on any atom is -0.481 e. The molecule has 1 N–H and O–H groups in total. The van der Waals surface area contributed by atoms with Crippen molar-refractivity contribution in [3.63, 3.8) is 0 Å². The van der Waals surface area contributed by atoms with Gasteiger partial charge < -0.3 is 14.4 Å². The van der Waals surface area contributed by atoms with E-state index in [1.807, 2.05) is 6.92 Å². The normalized spacial score (nSPS) is 10.0. The van der Waals surface area contributed by atoms with Crippen LogP contribution in [0.25, 0.3) is 0 Å². The molecule has 0 spiro atoms. The Kier molecular flexibility index (Phi) is 3.49. The van der Waals surface area contributed by atoms with Crippen molar-refractivity contribution in [3.8, 4) is 0 Å². The van der Waals surface area contributed by atoms with Crippen LogP contribution >= 0.6 is 0 Å². The van der Waals surface area contributed by atoms with Crippen LogP contribution in [0.1, 0.15) is 22.6 Å². The Hall–Kier alpha value is -1.78. The van der Waals surface area contributed by atoms with Crippen molar-refractivity contribution in [1.29, 1.82) is 0 Å². The number of carbonyl (C=O) groups excluding carboxylic acids is 1. The van der Waals surface area contributed by atoms with Crippen LogP contribution in [0.3, 0.4) is 0 Å². The number of ether oxygens (including phenoxy) is 1. The van der Waals surface area contributed by atoms with Crippen molar-refractivity contribution in [1.82, 2.24) is 4.57 Å². The maximum Gasteiger partial charge on any atom is 0.354 e. The van der Waals surface area contributed by atoms with Gasteiger partial charge in [0.15, 0.2) is 0 Å². The van der Waals surface area contributed by atoms with Gasteiger partial charge in [0.2, 0.25) is 0 Å². The third-order valence-corrected chi connectivity index (χ3v) is 2.14. The molecule has 0 amide bonds. The number of aliphatic carboxylic acids is 1. The lowest BCUT2D eigenvalue weighted by molar-refractivity contribution is -0.137. The Morgan fingerprint density at radius 2 is 2.13 bits per heavy atom. The van der Waals surface area contributed by atoms with Gasteiger partial charge in [-0.05, 0) is 19.1 Å². The molecule has 0 fully saturated rings. The fraction of sp³-hybridized carbons (Fsp3) is 0.400. The highest BCUT2D eigenvalue weighted by Gasteiger charge is 2.13. The molecular weight excluding hydrogens is 198 g/mol. The van der Waals surface area contributed by atoms with E-state index in [2.05, 4.69) is 4.74 Å². The predicted molar refractivity (Wildman–Crippen MR) is 52.8 cm³/mol. The van der Waals surface area contributed by atoms with Gasteiger partial charge in [-0.25, -0.2) is 4.79 Å². The Labute approximate surface area is 87.3 Å². The van der Waals surface area contributed by atoms with Crippen LogP contribution < -0.4 is 0 Å². The molecule has 82 valence electrons. The summed E-state index contributed by atoms with van der Waals surface area (Å²) in [6, 6.07) is 3.39. The lowest BCUT2D eigenvalue weighted by atomic mass is 10.4. The summed E-state index contributed by atoms with van der Waals surface area (Å²) < 4.78 is 6.23. The summed E-state index contributed by atoms with van der Waals surface area (Å²) in [5.74, 6) is -1.34. The summed E-state index contributed by atoms with van der Waals surface area (Å²) in [5, 5.41) is 8.56. The summed E-state index contributed by atoms with van der Waals surface area (Å²) >= 11 is 0. The number of esters is 1. The standard InChI is InChI=1S/C10H13NO4/c1-7-3-4-8(10(14)15-2)11(7)6-5-9(12)13/h3-4H,5-6H2,1-2H3,(H,12,13). The van der Waals surface area contributed by atoms with Crippen molar-refractivity contribution in [3.05, 3.63) is 23.5 Å². The Morgan fingerprint density at radius 3 is 2.67 bits per heavy atom. The van der Waals surface area contributed by atoms with E-state index in [9.17, 15) is 9.59 Å². The lowest BCUT2D eigenvalue weighted by Crippen LogP contribution is -2.13. The first-order chi connectivity index (χ1) is 7.06. The van der Waals surface area contributed by atoms with Gasteiger partial charge in [0.05, 0.1) is 13.5 Å². The number of hydrogen-bond donors (Lipinski definition) is 1. The maximum absolute atomic E-state index is 11.3. The number of aryl methyl sites for hydroxylation is 1. The molecule has 0 atom stereocenters. The van der Waals surface area contributed by atoms with E-state index in [1.54, 1.807) is 16.7 Å². The van der Waals surface area contributed by atoms with Crippen LogP contribution in [-0.2, 0) is 16.1 Å². The molecule has 0 radical (unpaired) electrons. The molecule has 0 saturated heterocycles. The van der Waals surface area contributed by atoms with Crippen molar-refractivity contribution < 1.29 is 19.4 Å². The summed E-state index contributed by atoms with van der Waals surface area (Å²) in [5.41, 5.74) is 1.23. The molecule has 1 aromatic rings. The summed E-state index contributed by atoms with van der Waals surface area (Å²) in [6.45, 7) is 2.09. The first-order valence-electron chi connectivity index (χ1n) is 4.52. The molecule has 0 aliphatic heterocycles. The minimum absolute atomic E-state index is 0.0144. The summed E-state index contributed by atoms with van der Waals surface area (Å²) in [7, 11) is 1.30. The largest absolute Gasteiger partial charge is 0.481 e. The van der Waals surface area contributed by atoms with Gasteiger partial charge in [-0.1, -0.05) is 0 Å². The Balaban J connectivity index is 2.89. The van der Waals surface area contributed by atoms with Crippen LogP contribution in [0.4, 0.5) is 0 Å². The van der Waals surface area contributed by atoms with E-state index in [0.29, 0.717) is 5.69 Å². The molecule has 0 bridgehead atoms. The number of hydrogen-bond acceptors (Lipinski definition) is 3. The topological polar surface area (TPSA) is 68.5 Å². The van der Waals surface area contributed by atoms with E-state index < -0.39 is 11.9 Å². The number of carbonyl (C=O) groups is 2. The first-order valence-corrected chi connectivity index (χ1v) is 4.52. The first kappa shape index (κ1) is 11.3. The second-order valence-corrected chi connectivity index (χ2v) is 3.15. The molecule has 0 aliphatic carbocycles. The zero-order valence-electron chi connectivity index (χ0n) is 8.69. The maximum atomic E-state index is 11.3. The van der Waals surface area contributed by atoms with E-state index in [-0.39, 0.29) is 13.0 Å². The van der Waals surface area contributed by atoms with Gasteiger partial charge in [0, 0.05) is 12.2 Å². The number of carboxylic acid groups (broad SMARTS) is 1. The van der Waals surface area contributed by atoms with Crippen LogP contribution in [-0.4, -0.2) is 28.7 Å². The second-order valence-electron chi connectivity index (χ2n) is 3.15. The minimum atomic E-state index is -0.890. The Bertz CT molecular complexity index is 381. The molecule has 0 unspecified atom stereocenters. The molecule has 1 heterocycles. The van der Waals surface area contributed by atoms with Gasteiger partial charge in [0.1, 0.15) is 5.69 Å². The predicted octanol–water partition coefficient (Wildman–Crippen LogP) is 1.06. The zero-order chi connectivity index (χ0) is 11.4. The van der Waals surface area contributed by atoms with Crippen LogP contribution in [0, 0.1) is 6.92 Å². The molecule has 5 heteroatoms. The van der Waals surface area contributed by atoms with E-state index in [1.165, 1.54) is 7.11 Å². The third-order valence-electron chi connectivity index (χ3n) is 2.14. The SMILES string of the molecule is COC(=O)c1ccc(C)n1CCC(=O)O. The molecule has 0 aromatic carbocycles. The summed E-state index contributed by atoms with van der Waals surface area (Å²) in [4.78, 5) is 21.7. The molecule has 5 nitrogen and oxygen atoms in total. The van der Waals surface area contributed by atoms with Gasteiger partial charge in [0.25, 0.3) is 0 Å². The number of carboxylic acids is 1. The van der Waals surface area contributed by atoms with Crippen LogP contribution in [0.5, 0.6) is 0 Å². The molecule has 1 rings (SSSR count). The van der Waals surface area contributed by atoms with E-state index >= 15 is 0 Å². The highest BCUT2D eigenvalue weighted by Crippen LogP contribution is 2.10. The van der Waals surface area contributed by atoms with Crippen molar-refractivity contribution in [2.24, 2.45) is 0 Å². The number of methoxy groups -OCH3 is 1. The van der Waals surface area contributed by atoms with Gasteiger partial charge in [-0.15, -0.1) is 0 Å². The highest BCUT2D eigenvalue weighted by atomic mass is 16.5. The molecule has 1 aromatic heterocycles.